The monoisotopic (exact) mass is 332 g/mol. The number of ether oxygens (including phenoxy) is 2. The van der Waals surface area contributed by atoms with Crippen molar-refractivity contribution >= 4 is 32.6 Å². The van der Waals surface area contributed by atoms with Crippen molar-refractivity contribution in [2.75, 3.05) is 19.5 Å². The fourth-order valence-corrected chi connectivity index (χ4v) is 3.00. The van der Waals surface area contributed by atoms with Crippen LogP contribution < -0.4 is 14.8 Å². The van der Waals surface area contributed by atoms with Crippen molar-refractivity contribution in [2.45, 2.75) is 13.5 Å². The number of hydrogen-bond acceptors (Lipinski definition) is 6. The van der Waals surface area contributed by atoms with Gasteiger partial charge < -0.3 is 9.47 Å². The normalized spacial score (nSPS) is 10.7. The van der Waals surface area contributed by atoms with E-state index >= 15 is 0 Å². The number of aryl methyl sites for hydroxylation is 1. The highest BCUT2D eigenvalue weighted by molar-refractivity contribution is 7.22. The lowest BCUT2D eigenvalue weighted by molar-refractivity contribution is 0.102. The molecule has 2 aromatic heterocycles. The molecule has 0 aliphatic carbocycles. The summed E-state index contributed by atoms with van der Waals surface area (Å²) in [5.74, 6) is 0.947. The molecule has 3 aromatic rings. The second kappa shape index (κ2) is 6.25. The van der Waals surface area contributed by atoms with Crippen LogP contribution in [0.5, 0.6) is 11.5 Å². The van der Waals surface area contributed by atoms with Gasteiger partial charge in [0.25, 0.3) is 5.91 Å². The van der Waals surface area contributed by atoms with Gasteiger partial charge in [0.05, 0.1) is 24.4 Å². The van der Waals surface area contributed by atoms with Crippen LogP contribution in [0.25, 0.3) is 10.2 Å². The van der Waals surface area contributed by atoms with Gasteiger partial charge in [0.2, 0.25) is 0 Å². The molecular weight excluding hydrogens is 316 g/mol. The molecule has 0 atom stereocenters. The molecule has 3 rings (SSSR count). The van der Waals surface area contributed by atoms with Gasteiger partial charge in [-0.3, -0.25) is 14.8 Å². The Labute approximate surface area is 136 Å². The maximum Gasteiger partial charge on any atom is 0.277 e. The number of carbonyl (C=O) groups is 1. The van der Waals surface area contributed by atoms with E-state index in [9.17, 15) is 4.79 Å². The number of hydrogen-bond donors (Lipinski definition) is 1. The predicted octanol–water partition coefficient (Wildman–Crippen LogP) is 2.78. The standard InChI is InChI=1S/C15H16N4O3S/c1-4-19-6-5-9(18-19)14(20)17-15-16-10-7-11(21-2)12(22-3)8-13(10)23-15/h5-8H,4H2,1-3H3,(H,16,17,20). The van der Waals surface area contributed by atoms with E-state index in [-0.39, 0.29) is 5.91 Å². The Kier molecular flexibility index (Phi) is 4.16. The number of aromatic nitrogens is 3. The van der Waals surface area contributed by atoms with E-state index in [0.29, 0.717) is 28.9 Å². The number of fused-ring (bicyclic) bond motifs is 1. The summed E-state index contributed by atoms with van der Waals surface area (Å²) in [4.78, 5) is 16.6. The number of thiazole rings is 1. The molecule has 0 bridgehead atoms. The van der Waals surface area contributed by atoms with Gasteiger partial charge >= 0.3 is 0 Å². The van der Waals surface area contributed by atoms with Gasteiger partial charge in [-0.2, -0.15) is 5.10 Å². The number of methoxy groups -OCH3 is 2. The number of benzene rings is 1. The van der Waals surface area contributed by atoms with E-state index in [1.54, 1.807) is 37.2 Å². The van der Waals surface area contributed by atoms with Crippen molar-refractivity contribution in [3.05, 3.63) is 30.1 Å². The highest BCUT2D eigenvalue weighted by Gasteiger charge is 2.14. The van der Waals surface area contributed by atoms with E-state index in [4.69, 9.17) is 9.47 Å². The Balaban J connectivity index is 1.86. The van der Waals surface area contributed by atoms with Gasteiger partial charge in [-0.05, 0) is 13.0 Å². The molecule has 0 radical (unpaired) electrons. The number of nitrogens with one attached hydrogen (secondary N) is 1. The zero-order valence-corrected chi connectivity index (χ0v) is 13.8. The molecule has 1 N–H and O–H groups in total. The van der Waals surface area contributed by atoms with Crippen LogP contribution in [-0.4, -0.2) is 34.9 Å². The summed E-state index contributed by atoms with van der Waals surface area (Å²) in [7, 11) is 3.15. The summed E-state index contributed by atoms with van der Waals surface area (Å²) in [6, 6.07) is 5.30. The van der Waals surface area contributed by atoms with Crippen molar-refractivity contribution < 1.29 is 14.3 Å². The fraction of sp³-hybridized carbons (Fsp3) is 0.267. The summed E-state index contributed by atoms with van der Waals surface area (Å²) in [5, 5.41) is 7.45. The first kappa shape index (κ1) is 15.3. The van der Waals surface area contributed by atoms with Crippen molar-refractivity contribution in [1.29, 1.82) is 0 Å². The average Bonchev–Trinajstić information content (AvgIpc) is 3.19. The maximum absolute atomic E-state index is 12.2. The van der Waals surface area contributed by atoms with Crippen molar-refractivity contribution in [1.82, 2.24) is 14.8 Å². The molecule has 0 aliphatic rings. The third-order valence-electron chi connectivity index (χ3n) is 3.31. The Morgan fingerprint density at radius 3 is 2.70 bits per heavy atom. The molecule has 0 saturated heterocycles. The van der Waals surface area contributed by atoms with E-state index < -0.39 is 0 Å². The fourth-order valence-electron chi connectivity index (χ4n) is 2.13. The van der Waals surface area contributed by atoms with E-state index in [2.05, 4.69) is 15.4 Å². The minimum atomic E-state index is -0.282. The third kappa shape index (κ3) is 2.98. The van der Waals surface area contributed by atoms with Gasteiger partial charge in [0.1, 0.15) is 0 Å². The van der Waals surface area contributed by atoms with Crippen molar-refractivity contribution in [3.63, 3.8) is 0 Å². The van der Waals surface area contributed by atoms with Gasteiger partial charge in [-0.15, -0.1) is 0 Å². The van der Waals surface area contributed by atoms with E-state index in [1.165, 1.54) is 11.3 Å². The van der Waals surface area contributed by atoms with Crippen molar-refractivity contribution in [3.8, 4) is 11.5 Å². The topological polar surface area (TPSA) is 78.3 Å². The average molecular weight is 332 g/mol. The van der Waals surface area contributed by atoms with Crippen LogP contribution in [0.1, 0.15) is 17.4 Å². The summed E-state index contributed by atoms with van der Waals surface area (Å²) in [5.41, 5.74) is 1.10. The molecule has 1 aromatic carbocycles. The first-order valence-electron chi connectivity index (χ1n) is 7.02. The second-order valence-corrected chi connectivity index (χ2v) is 5.74. The molecule has 7 nitrogen and oxygen atoms in total. The van der Waals surface area contributed by atoms with Crippen LogP contribution in [0, 0.1) is 0 Å². The van der Waals surface area contributed by atoms with Crippen LogP contribution in [-0.2, 0) is 6.54 Å². The smallest absolute Gasteiger partial charge is 0.277 e. The summed E-state index contributed by atoms with van der Waals surface area (Å²) in [6.45, 7) is 2.68. The SMILES string of the molecule is CCn1ccc(C(=O)Nc2nc3cc(OC)c(OC)cc3s2)n1. The molecule has 0 unspecified atom stereocenters. The van der Waals surface area contributed by atoms with Crippen LogP contribution in [0.4, 0.5) is 5.13 Å². The lowest BCUT2D eigenvalue weighted by Gasteiger charge is -2.05. The number of rotatable bonds is 5. The largest absolute Gasteiger partial charge is 0.493 e. The lowest BCUT2D eigenvalue weighted by atomic mass is 10.3. The van der Waals surface area contributed by atoms with Crippen LogP contribution in [0.2, 0.25) is 0 Å². The van der Waals surface area contributed by atoms with Gasteiger partial charge in [0.15, 0.2) is 22.3 Å². The number of amides is 1. The van der Waals surface area contributed by atoms with Crippen molar-refractivity contribution in [2.24, 2.45) is 0 Å². The molecule has 0 fully saturated rings. The molecule has 1 amide bonds. The molecular formula is C15H16N4O3S. The molecule has 0 aliphatic heterocycles. The Hall–Kier alpha value is -2.61. The molecule has 0 spiro atoms. The van der Waals surface area contributed by atoms with Crippen LogP contribution in [0.15, 0.2) is 24.4 Å². The Morgan fingerprint density at radius 2 is 2.04 bits per heavy atom. The van der Waals surface area contributed by atoms with Gasteiger partial charge in [-0.1, -0.05) is 11.3 Å². The number of carbonyl (C=O) groups excluding carboxylic acids is 1. The van der Waals surface area contributed by atoms with Crippen LogP contribution in [0.3, 0.4) is 0 Å². The summed E-state index contributed by atoms with van der Waals surface area (Å²) in [6.07, 6.45) is 1.77. The summed E-state index contributed by atoms with van der Waals surface area (Å²) < 4.78 is 13.1. The van der Waals surface area contributed by atoms with E-state index in [0.717, 1.165) is 10.2 Å². The maximum atomic E-state index is 12.2. The first-order chi connectivity index (χ1) is 11.1. The molecule has 23 heavy (non-hydrogen) atoms. The number of nitrogens with zero attached hydrogens (tertiary/aromatic N) is 3. The highest BCUT2D eigenvalue weighted by atomic mass is 32.1. The zero-order valence-electron chi connectivity index (χ0n) is 13.0. The molecule has 120 valence electrons. The third-order valence-corrected chi connectivity index (χ3v) is 4.25. The van der Waals surface area contributed by atoms with Gasteiger partial charge in [0, 0.05) is 24.9 Å². The van der Waals surface area contributed by atoms with E-state index in [1.807, 2.05) is 13.0 Å². The van der Waals surface area contributed by atoms with Gasteiger partial charge in [-0.25, -0.2) is 4.98 Å². The molecule has 2 heterocycles. The summed E-state index contributed by atoms with van der Waals surface area (Å²) >= 11 is 1.37. The quantitative estimate of drug-likeness (QED) is 0.777. The highest BCUT2D eigenvalue weighted by Crippen LogP contribution is 2.36. The Bertz CT molecular complexity index is 815. The predicted molar refractivity (Wildman–Crippen MR) is 88.6 cm³/mol. The number of anilines is 1. The Morgan fingerprint density at radius 1 is 1.30 bits per heavy atom. The minimum Gasteiger partial charge on any atom is -0.493 e. The second-order valence-electron chi connectivity index (χ2n) is 4.70. The zero-order chi connectivity index (χ0) is 16.4. The first-order valence-corrected chi connectivity index (χ1v) is 7.83. The van der Waals surface area contributed by atoms with Crippen LogP contribution >= 0.6 is 11.3 Å². The minimum absolute atomic E-state index is 0.282. The lowest BCUT2D eigenvalue weighted by Crippen LogP contribution is -2.13. The molecule has 8 heteroatoms. The molecule has 0 saturated carbocycles.